The van der Waals surface area contributed by atoms with Crippen molar-refractivity contribution >= 4 is 17.5 Å². The van der Waals surface area contributed by atoms with Crippen LogP contribution in [0.2, 0.25) is 5.02 Å². The van der Waals surface area contributed by atoms with Gasteiger partial charge in [-0.25, -0.2) is 4.39 Å². The zero-order chi connectivity index (χ0) is 13.8. The van der Waals surface area contributed by atoms with Crippen molar-refractivity contribution in [3.05, 3.63) is 58.8 Å². The van der Waals surface area contributed by atoms with Crippen LogP contribution in [-0.4, -0.2) is 17.6 Å². The number of nitrogens with one attached hydrogen (secondary N) is 1. The van der Waals surface area contributed by atoms with E-state index in [1.54, 1.807) is 12.1 Å². The topological polar surface area (TPSA) is 62.5 Å². The van der Waals surface area contributed by atoms with Gasteiger partial charge in [0.2, 0.25) is 0 Å². The third-order valence-electron chi connectivity index (χ3n) is 2.51. The minimum Gasteiger partial charge on any atom is -0.467 e. The second kappa shape index (κ2) is 5.86. The molecule has 1 atom stereocenters. The van der Waals surface area contributed by atoms with Crippen LogP contribution in [0.5, 0.6) is 0 Å². The molecule has 0 fully saturated rings. The van der Waals surface area contributed by atoms with Gasteiger partial charge in [0.05, 0.1) is 17.8 Å². The number of aliphatic hydroxyl groups is 1. The Morgan fingerprint density at radius 2 is 2.26 bits per heavy atom. The van der Waals surface area contributed by atoms with Crippen LogP contribution in [0.4, 0.5) is 4.39 Å². The first-order chi connectivity index (χ1) is 9.08. The number of hydrogen-bond acceptors (Lipinski definition) is 3. The molecule has 2 aromatic rings. The first-order valence-corrected chi connectivity index (χ1v) is 5.90. The fraction of sp³-hybridized carbons (Fsp3) is 0.154. The number of amides is 1. The number of rotatable bonds is 4. The summed E-state index contributed by atoms with van der Waals surface area (Å²) in [5.41, 5.74) is 0.133. The molecule has 0 spiro atoms. The monoisotopic (exact) mass is 283 g/mol. The van der Waals surface area contributed by atoms with Gasteiger partial charge in [-0.05, 0) is 30.3 Å². The second-order valence-corrected chi connectivity index (χ2v) is 4.28. The zero-order valence-corrected chi connectivity index (χ0v) is 10.5. The Kier molecular flexibility index (Phi) is 4.19. The molecule has 0 bridgehead atoms. The number of furan rings is 1. The summed E-state index contributed by atoms with van der Waals surface area (Å²) in [5, 5.41) is 12.1. The third-order valence-corrected chi connectivity index (χ3v) is 2.82. The van der Waals surface area contributed by atoms with Gasteiger partial charge >= 0.3 is 0 Å². The quantitative estimate of drug-likeness (QED) is 0.906. The predicted octanol–water partition coefficient (Wildman–Crippen LogP) is 2.54. The molecule has 1 aromatic heterocycles. The van der Waals surface area contributed by atoms with E-state index in [0.717, 1.165) is 6.07 Å². The van der Waals surface area contributed by atoms with E-state index in [1.807, 2.05) is 0 Å². The van der Waals surface area contributed by atoms with E-state index in [-0.39, 0.29) is 17.1 Å². The zero-order valence-electron chi connectivity index (χ0n) is 9.77. The van der Waals surface area contributed by atoms with Gasteiger partial charge < -0.3 is 14.8 Å². The highest BCUT2D eigenvalue weighted by Crippen LogP contribution is 2.16. The average Bonchev–Trinajstić information content (AvgIpc) is 2.92. The number of benzene rings is 1. The van der Waals surface area contributed by atoms with Gasteiger partial charge in [-0.15, -0.1) is 0 Å². The van der Waals surface area contributed by atoms with E-state index < -0.39 is 17.8 Å². The Morgan fingerprint density at radius 1 is 1.47 bits per heavy atom. The summed E-state index contributed by atoms with van der Waals surface area (Å²) in [4.78, 5) is 11.7. The van der Waals surface area contributed by atoms with E-state index in [2.05, 4.69) is 5.32 Å². The average molecular weight is 284 g/mol. The molecule has 6 heteroatoms. The normalized spacial score (nSPS) is 12.2. The maximum Gasteiger partial charge on any atom is 0.251 e. The van der Waals surface area contributed by atoms with Crippen LogP contribution in [0.15, 0.2) is 41.0 Å². The lowest BCUT2D eigenvalue weighted by molar-refractivity contribution is 0.0900. The maximum atomic E-state index is 13.2. The van der Waals surface area contributed by atoms with Gasteiger partial charge in [-0.2, -0.15) is 0 Å². The van der Waals surface area contributed by atoms with E-state index in [4.69, 9.17) is 16.0 Å². The molecule has 1 amide bonds. The van der Waals surface area contributed by atoms with Gasteiger partial charge in [-0.3, -0.25) is 4.79 Å². The molecule has 0 aliphatic heterocycles. The van der Waals surface area contributed by atoms with Crippen LogP contribution in [-0.2, 0) is 0 Å². The van der Waals surface area contributed by atoms with Crippen molar-refractivity contribution in [1.29, 1.82) is 0 Å². The van der Waals surface area contributed by atoms with Crippen molar-refractivity contribution in [2.45, 2.75) is 6.10 Å². The Bertz CT molecular complexity index is 571. The van der Waals surface area contributed by atoms with Gasteiger partial charge in [-0.1, -0.05) is 11.6 Å². The summed E-state index contributed by atoms with van der Waals surface area (Å²) in [6.07, 6.45) is 0.477. The van der Waals surface area contributed by atoms with Gasteiger partial charge in [0.1, 0.15) is 17.7 Å². The molecule has 0 aliphatic carbocycles. The van der Waals surface area contributed by atoms with Gasteiger partial charge in [0.15, 0.2) is 0 Å². The summed E-state index contributed by atoms with van der Waals surface area (Å²) in [6.45, 7) is -0.0312. The SMILES string of the molecule is O=C(NCC(O)c1ccco1)c1ccc(Cl)c(F)c1. The Morgan fingerprint density at radius 3 is 2.89 bits per heavy atom. The van der Waals surface area contributed by atoms with Crippen molar-refractivity contribution in [2.75, 3.05) is 6.54 Å². The Balaban J connectivity index is 1.96. The van der Waals surface area contributed by atoms with Crippen molar-refractivity contribution in [3.63, 3.8) is 0 Å². The largest absolute Gasteiger partial charge is 0.467 e. The standard InChI is InChI=1S/C13H11ClFNO3/c14-9-4-3-8(6-10(9)15)13(18)16-7-11(17)12-2-1-5-19-12/h1-6,11,17H,7H2,(H,16,18). The first-order valence-electron chi connectivity index (χ1n) is 5.52. The molecule has 19 heavy (non-hydrogen) atoms. The molecule has 1 aromatic carbocycles. The van der Waals surface area contributed by atoms with Gasteiger partial charge in [0, 0.05) is 5.56 Å². The highest BCUT2D eigenvalue weighted by Gasteiger charge is 2.13. The molecule has 100 valence electrons. The molecule has 4 nitrogen and oxygen atoms in total. The molecule has 2 N–H and O–H groups in total. The first kappa shape index (κ1) is 13.6. The molecule has 1 heterocycles. The second-order valence-electron chi connectivity index (χ2n) is 3.87. The van der Waals surface area contributed by atoms with Crippen LogP contribution in [0.25, 0.3) is 0 Å². The van der Waals surface area contributed by atoms with Crippen LogP contribution in [0.3, 0.4) is 0 Å². The minimum atomic E-state index is -0.948. The summed E-state index contributed by atoms with van der Waals surface area (Å²) >= 11 is 5.52. The minimum absolute atomic E-state index is 0.0312. The molecule has 0 radical (unpaired) electrons. The van der Waals surface area contributed by atoms with Crippen molar-refractivity contribution < 1.29 is 18.7 Å². The van der Waals surface area contributed by atoms with E-state index in [1.165, 1.54) is 18.4 Å². The van der Waals surface area contributed by atoms with E-state index in [0.29, 0.717) is 5.76 Å². The smallest absolute Gasteiger partial charge is 0.251 e. The fourth-order valence-electron chi connectivity index (χ4n) is 1.51. The molecular formula is C13H11ClFNO3. The summed E-state index contributed by atoms with van der Waals surface area (Å²) in [7, 11) is 0. The lowest BCUT2D eigenvalue weighted by atomic mass is 10.2. The maximum absolute atomic E-state index is 13.2. The van der Waals surface area contributed by atoms with Crippen LogP contribution in [0.1, 0.15) is 22.2 Å². The van der Waals surface area contributed by atoms with Crippen LogP contribution >= 0.6 is 11.6 Å². The fourth-order valence-corrected chi connectivity index (χ4v) is 1.63. The van der Waals surface area contributed by atoms with E-state index >= 15 is 0 Å². The number of carbonyl (C=O) groups excluding carboxylic acids is 1. The highest BCUT2D eigenvalue weighted by molar-refractivity contribution is 6.30. The Hall–Kier alpha value is -1.85. The molecule has 2 rings (SSSR count). The number of halogens is 2. The molecule has 1 unspecified atom stereocenters. The van der Waals surface area contributed by atoms with Gasteiger partial charge in [0.25, 0.3) is 5.91 Å². The number of carbonyl (C=O) groups is 1. The molecule has 0 saturated heterocycles. The predicted molar refractivity (Wildman–Crippen MR) is 67.4 cm³/mol. The highest BCUT2D eigenvalue weighted by atomic mass is 35.5. The van der Waals surface area contributed by atoms with Crippen molar-refractivity contribution in [1.82, 2.24) is 5.32 Å². The molecule has 0 saturated carbocycles. The summed E-state index contributed by atoms with van der Waals surface area (Å²) < 4.78 is 18.2. The third kappa shape index (κ3) is 3.33. The van der Waals surface area contributed by atoms with Crippen molar-refractivity contribution in [3.8, 4) is 0 Å². The lowest BCUT2D eigenvalue weighted by Gasteiger charge is -2.09. The summed E-state index contributed by atoms with van der Waals surface area (Å²) in [5.74, 6) is -0.815. The van der Waals surface area contributed by atoms with Crippen LogP contribution < -0.4 is 5.32 Å². The number of hydrogen-bond donors (Lipinski definition) is 2. The summed E-state index contributed by atoms with van der Waals surface area (Å²) in [6, 6.07) is 6.97. The van der Waals surface area contributed by atoms with Crippen molar-refractivity contribution in [2.24, 2.45) is 0 Å². The molecule has 0 aliphatic rings. The van der Waals surface area contributed by atoms with Crippen LogP contribution in [0, 0.1) is 5.82 Å². The lowest BCUT2D eigenvalue weighted by Crippen LogP contribution is -2.28. The molecular weight excluding hydrogens is 273 g/mol. The van der Waals surface area contributed by atoms with E-state index in [9.17, 15) is 14.3 Å². The Labute approximate surface area is 113 Å². The number of aliphatic hydroxyl groups excluding tert-OH is 1.